The SMILES string of the molecule is CCC(N)CS(=O)Cc1ccc(O)cc1. The highest BCUT2D eigenvalue weighted by atomic mass is 32.2. The topological polar surface area (TPSA) is 63.3 Å². The number of phenols is 1. The molecule has 0 aromatic heterocycles. The Hall–Kier alpha value is -0.870. The Labute approximate surface area is 92.8 Å². The van der Waals surface area contributed by atoms with Crippen LogP contribution in [0.4, 0.5) is 0 Å². The summed E-state index contributed by atoms with van der Waals surface area (Å²) in [5.74, 6) is 1.28. The molecule has 15 heavy (non-hydrogen) atoms. The average Bonchev–Trinajstić information content (AvgIpc) is 2.21. The third kappa shape index (κ3) is 4.44. The van der Waals surface area contributed by atoms with E-state index >= 15 is 0 Å². The van der Waals surface area contributed by atoms with E-state index in [2.05, 4.69) is 0 Å². The van der Waals surface area contributed by atoms with Gasteiger partial charge in [0.1, 0.15) is 5.75 Å². The van der Waals surface area contributed by atoms with Gasteiger partial charge in [-0.15, -0.1) is 0 Å². The Balaban J connectivity index is 2.48. The van der Waals surface area contributed by atoms with Gasteiger partial charge in [0, 0.05) is 28.3 Å². The highest BCUT2D eigenvalue weighted by Crippen LogP contribution is 2.11. The fourth-order valence-corrected chi connectivity index (χ4v) is 2.59. The van der Waals surface area contributed by atoms with Crippen molar-refractivity contribution in [2.24, 2.45) is 5.73 Å². The van der Waals surface area contributed by atoms with E-state index in [1.54, 1.807) is 24.3 Å². The number of hydrogen-bond acceptors (Lipinski definition) is 3. The summed E-state index contributed by atoms with van der Waals surface area (Å²) in [6, 6.07) is 6.79. The lowest BCUT2D eigenvalue weighted by atomic mass is 10.2. The maximum atomic E-state index is 11.6. The van der Waals surface area contributed by atoms with Crippen LogP contribution in [-0.2, 0) is 16.6 Å². The molecular weight excluding hydrogens is 210 g/mol. The van der Waals surface area contributed by atoms with Gasteiger partial charge in [-0.25, -0.2) is 0 Å². The van der Waals surface area contributed by atoms with E-state index in [-0.39, 0.29) is 11.8 Å². The van der Waals surface area contributed by atoms with Crippen LogP contribution < -0.4 is 5.73 Å². The zero-order valence-corrected chi connectivity index (χ0v) is 9.67. The fourth-order valence-electron chi connectivity index (χ4n) is 1.19. The summed E-state index contributed by atoms with van der Waals surface area (Å²) in [4.78, 5) is 0. The molecule has 0 amide bonds. The number of rotatable bonds is 5. The van der Waals surface area contributed by atoms with Gasteiger partial charge in [0.25, 0.3) is 0 Å². The predicted octanol–water partition coefficient (Wildman–Crippen LogP) is 1.38. The fraction of sp³-hybridized carbons (Fsp3) is 0.455. The smallest absolute Gasteiger partial charge is 0.115 e. The minimum absolute atomic E-state index is 0.0166. The maximum Gasteiger partial charge on any atom is 0.115 e. The summed E-state index contributed by atoms with van der Waals surface area (Å²) in [5, 5.41) is 9.08. The van der Waals surface area contributed by atoms with Crippen LogP contribution in [0.5, 0.6) is 5.75 Å². The molecule has 3 N–H and O–H groups in total. The van der Waals surface area contributed by atoms with Crippen LogP contribution in [0.25, 0.3) is 0 Å². The van der Waals surface area contributed by atoms with Gasteiger partial charge in [-0.3, -0.25) is 4.21 Å². The molecule has 2 unspecified atom stereocenters. The largest absolute Gasteiger partial charge is 0.508 e. The van der Waals surface area contributed by atoms with Crippen LogP contribution in [0, 0.1) is 0 Å². The molecule has 0 spiro atoms. The van der Waals surface area contributed by atoms with Crippen LogP contribution in [0.3, 0.4) is 0 Å². The first-order chi connectivity index (χ1) is 7.11. The highest BCUT2D eigenvalue weighted by molar-refractivity contribution is 7.84. The van der Waals surface area contributed by atoms with E-state index in [1.165, 1.54) is 0 Å². The summed E-state index contributed by atoms with van der Waals surface area (Å²) < 4.78 is 11.6. The number of benzene rings is 1. The van der Waals surface area contributed by atoms with E-state index < -0.39 is 10.8 Å². The Morgan fingerprint density at radius 2 is 2.00 bits per heavy atom. The Morgan fingerprint density at radius 3 is 2.53 bits per heavy atom. The molecule has 1 aromatic carbocycles. The van der Waals surface area contributed by atoms with Crippen molar-refractivity contribution in [2.45, 2.75) is 25.1 Å². The second-order valence-electron chi connectivity index (χ2n) is 3.59. The molecular formula is C11H17NO2S. The molecule has 2 atom stereocenters. The van der Waals surface area contributed by atoms with Crippen molar-refractivity contribution in [2.75, 3.05) is 5.75 Å². The molecule has 0 fully saturated rings. The van der Waals surface area contributed by atoms with E-state index in [1.807, 2.05) is 6.92 Å². The minimum Gasteiger partial charge on any atom is -0.508 e. The van der Waals surface area contributed by atoms with Crippen LogP contribution in [-0.4, -0.2) is 21.1 Å². The van der Waals surface area contributed by atoms with Crippen LogP contribution >= 0.6 is 0 Å². The van der Waals surface area contributed by atoms with Crippen molar-refractivity contribution >= 4 is 10.8 Å². The minimum atomic E-state index is -0.914. The molecule has 1 rings (SSSR count). The third-order valence-electron chi connectivity index (χ3n) is 2.19. The molecule has 0 radical (unpaired) electrons. The number of nitrogens with two attached hydrogens (primary N) is 1. The molecule has 0 heterocycles. The average molecular weight is 227 g/mol. The van der Waals surface area contributed by atoms with Crippen LogP contribution in [0.2, 0.25) is 0 Å². The van der Waals surface area contributed by atoms with Gasteiger partial charge >= 0.3 is 0 Å². The van der Waals surface area contributed by atoms with Gasteiger partial charge in [-0.05, 0) is 24.1 Å². The quantitative estimate of drug-likeness (QED) is 0.798. The first-order valence-electron chi connectivity index (χ1n) is 5.00. The second kappa shape index (κ2) is 5.88. The maximum absolute atomic E-state index is 11.6. The molecule has 0 saturated carbocycles. The van der Waals surface area contributed by atoms with E-state index in [0.717, 1.165) is 12.0 Å². The summed E-state index contributed by atoms with van der Waals surface area (Å²) in [5.41, 5.74) is 6.69. The summed E-state index contributed by atoms with van der Waals surface area (Å²) in [6.07, 6.45) is 0.849. The van der Waals surface area contributed by atoms with Gasteiger partial charge in [0.2, 0.25) is 0 Å². The summed E-state index contributed by atoms with van der Waals surface area (Å²) in [7, 11) is -0.914. The zero-order chi connectivity index (χ0) is 11.3. The summed E-state index contributed by atoms with van der Waals surface area (Å²) >= 11 is 0. The van der Waals surface area contributed by atoms with E-state index in [4.69, 9.17) is 10.8 Å². The van der Waals surface area contributed by atoms with E-state index in [0.29, 0.717) is 11.5 Å². The molecule has 0 aliphatic carbocycles. The van der Waals surface area contributed by atoms with Gasteiger partial charge < -0.3 is 10.8 Å². The van der Waals surface area contributed by atoms with Gasteiger partial charge in [-0.1, -0.05) is 19.1 Å². The van der Waals surface area contributed by atoms with Crippen molar-refractivity contribution in [3.8, 4) is 5.75 Å². The first-order valence-corrected chi connectivity index (χ1v) is 6.49. The van der Waals surface area contributed by atoms with Crippen molar-refractivity contribution in [3.05, 3.63) is 29.8 Å². The number of phenolic OH excluding ortho intramolecular Hbond substituents is 1. The molecule has 0 aliphatic rings. The van der Waals surface area contributed by atoms with Crippen LogP contribution in [0.1, 0.15) is 18.9 Å². The Bertz CT molecular complexity index is 324. The van der Waals surface area contributed by atoms with Gasteiger partial charge in [0.15, 0.2) is 0 Å². The molecule has 84 valence electrons. The zero-order valence-electron chi connectivity index (χ0n) is 8.85. The standard InChI is InChI=1S/C11H17NO2S/c1-2-10(12)8-15(14)7-9-3-5-11(13)6-4-9/h3-6,10,13H,2,7-8,12H2,1H3. The summed E-state index contributed by atoms with van der Waals surface area (Å²) in [6.45, 7) is 1.99. The third-order valence-corrected chi connectivity index (χ3v) is 3.64. The number of aromatic hydroxyl groups is 1. The molecule has 0 bridgehead atoms. The van der Waals surface area contributed by atoms with Crippen LogP contribution in [0.15, 0.2) is 24.3 Å². The van der Waals surface area contributed by atoms with Crippen molar-refractivity contribution in [1.82, 2.24) is 0 Å². The van der Waals surface area contributed by atoms with Gasteiger partial charge in [-0.2, -0.15) is 0 Å². The first kappa shape index (κ1) is 12.2. The molecule has 0 saturated heterocycles. The highest BCUT2D eigenvalue weighted by Gasteiger charge is 2.06. The molecule has 1 aromatic rings. The Morgan fingerprint density at radius 1 is 1.40 bits per heavy atom. The molecule has 4 heteroatoms. The number of hydrogen-bond donors (Lipinski definition) is 2. The van der Waals surface area contributed by atoms with Crippen molar-refractivity contribution in [1.29, 1.82) is 0 Å². The Kier molecular flexibility index (Phi) is 4.78. The molecule has 0 aliphatic heterocycles. The van der Waals surface area contributed by atoms with Gasteiger partial charge in [0.05, 0.1) is 0 Å². The van der Waals surface area contributed by atoms with Crippen molar-refractivity contribution in [3.63, 3.8) is 0 Å². The predicted molar refractivity (Wildman–Crippen MR) is 63.1 cm³/mol. The normalized spacial score (nSPS) is 14.8. The lowest BCUT2D eigenvalue weighted by Gasteiger charge is -2.08. The van der Waals surface area contributed by atoms with E-state index in [9.17, 15) is 4.21 Å². The molecule has 3 nitrogen and oxygen atoms in total. The lowest BCUT2D eigenvalue weighted by Crippen LogP contribution is -2.26. The lowest BCUT2D eigenvalue weighted by molar-refractivity contribution is 0.475. The van der Waals surface area contributed by atoms with Crippen molar-refractivity contribution < 1.29 is 9.32 Å². The monoisotopic (exact) mass is 227 g/mol. The second-order valence-corrected chi connectivity index (χ2v) is 5.09.